The van der Waals surface area contributed by atoms with Crippen LogP contribution in [0.4, 0.5) is 0 Å². The minimum atomic E-state index is -0.774. The predicted molar refractivity (Wildman–Crippen MR) is 104 cm³/mol. The second kappa shape index (κ2) is 10.1. The minimum Gasteiger partial charge on any atom is -0.508 e. The zero-order valence-corrected chi connectivity index (χ0v) is 16.3. The van der Waals surface area contributed by atoms with Crippen molar-refractivity contribution in [1.29, 1.82) is 0 Å². The maximum absolute atomic E-state index is 11.7. The normalized spacial score (nSPS) is 13.0. The Hall–Kier alpha value is -2.61. The number of carbonyl (C=O) groups excluding carboxylic acids is 1. The van der Waals surface area contributed by atoms with Gasteiger partial charge < -0.3 is 30.1 Å². The van der Waals surface area contributed by atoms with E-state index in [0.717, 1.165) is 5.56 Å². The molecule has 7 heteroatoms. The number of benzene rings is 2. The van der Waals surface area contributed by atoms with Crippen molar-refractivity contribution in [2.45, 2.75) is 32.1 Å². The number of methoxy groups -OCH3 is 2. The highest BCUT2D eigenvalue weighted by molar-refractivity contribution is 5.92. The molecule has 0 bridgehead atoms. The predicted octanol–water partition coefficient (Wildman–Crippen LogP) is 1.93. The van der Waals surface area contributed by atoms with Crippen molar-refractivity contribution in [3.05, 3.63) is 58.7 Å². The fourth-order valence-electron chi connectivity index (χ4n) is 2.94. The lowest BCUT2D eigenvalue weighted by Gasteiger charge is -2.19. The minimum absolute atomic E-state index is 0.00382. The standard InChI is InChI=1S/C21H27NO6/c1-13(8-14-4-6-17(21(26)28-3)20(9-14)27-2)22-11-19(25)15-5-7-18(24)16(10-15)12-23/h4-7,9-10,13,19,22-25H,8,11-12H2,1-3H3. The fourth-order valence-corrected chi connectivity index (χ4v) is 2.94. The SMILES string of the molecule is COC(=O)c1ccc(CC(C)NCC(O)c2ccc(O)c(CO)c2)cc1OC. The van der Waals surface area contributed by atoms with Crippen molar-refractivity contribution in [2.24, 2.45) is 0 Å². The number of esters is 1. The molecule has 0 saturated heterocycles. The first-order valence-corrected chi connectivity index (χ1v) is 8.98. The summed E-state index contributed by atoms with van der Waals surface area (Å²) in [5.41, 5.74) is 2.34. The van der Waals surface area contributed by atoms with Gasteiger partial charge in [-0.1, -0.05) is 12.1 Å². The Balaban J connectivity index is 1.96. The molecule has 2 aromatic carbocycles. The first-order valence-electron chi connectivity index (χ1n) is 8.98. The van der Waals surface area contributed by atoms with Gasteiger partial charge in [-0.15, -0.1) is 0 Å². The van der Waals surface area contributed by atoms with E-state index < -0.39 is 12.1 Å². The summed E-state index contributed by atoms with van der Waals surface area (Å²) >= 11 is 0. The third kappa shape index (κ3) is 5.45. The van der Waals surface area contributed by atoms with Crippen LogP contribution in [0.1, 0.15) is 40.1 Å². The number of carbonyl (C=O) groups is 1. The van der Waals surface area contributed by atoms with E-state index in [1.165, 1.54) is 20.3 Å². The second-order valence-corrected chi connectivity index (χ2v) is 6.60. The molecule has 2 atom stereocenters. The zero-order chi connectivity index (χ0) is 20.7. The van der Waals surface area contributed by atoms with Crippen LogP contribution in [-0.4, -0.2) is 48.1 Å². The molecule has 2 rings (SSSR count). The Kier molecular flexibility index (Phi) is 7.80. The highest BCUT2D eigenvalue weighted by Crippen LogP contribution is 2.23. The molecule has 0 saturated carbocycles. The lowest BCUT2D eigenvalue weighted by atomic mass is 10.0. The summed E-state index contributed by atoms with van der Waals surface area (Å²) in [5.74, 6) is 0.00943. The van der Waals surface area contributed by atoms with Crippen LogP contribution in [0.2, 0.25) is 0 Å². The number of aromatic hydroxyl groups is 1. The molecule has 0 heterocycles. The molecule has 0 spiro atoms. The maximum atomic E-state index is 11.7. The maximum Gasteiger partial charge on any atom is 0.341 e. The first-order chi connectivity index (χ1) is 13.4. The van der Waals surface area contributed by atoms with E-state index in [9.17, 15) is 20.1 Å². The molecule has 0 fully saturated rings. The van der Waals surface area contributed by atoms with E-state index in [2.05, 4.69) is 5.32 Å². The smallest absolute Gasteiger partial charge is 0.341 e. The van der Waals surface area contributed by atoms with E-state index in [0.29, 0.717) is 35.4 Å². The van der Waals surface area contributed by atoms with Gasteiger partial charge in [0.2, 0.25) is 0 Å². The molecule has 28 heavy (non-hydrogen) atoms. The molecule has 0 amide bonds. The molecule has 7 nitrogen and oxygen atoms in total. The lowest BCUT2D eigenvalue weighted by Crippen LogP contribution is -2.32. The van der Waals surface area contributed by atoms with E-state index in [-0.39, 0.29) is 18.4 Å². The monoisotopic (exact) mass is 389 g/mol. The van der Waals surface area contributed by atoms with Gasteiger partial charge >= 0.3 is 5.97 Å². The van der Waals surface area contributed by atoms with Crippen LogP contribution in [0.25, 0.3) is 0 Å². The largest absolute Gasteiger partial charge is 0.508 e. The Labute approximate surface area is 164 Å². The third-order valence-corrected chi connectivity index (χ3v) is 4.53. The van der Waals surface area contributed by atoms with Crippen molar-refractivity contribution in [3.63, 3.8) is 0 Å². The number of ether oxygens (including phenoxy) is 2. The molecule has 0 aliphatic heterocycles. The molecule has 2 unspecified atom stereocenters. The van der Waals surface area contributed by atoms with Crippen LogP contribution in [0.3, 0.4) is 0 Å². The fraction of sp³-hybridized carbons (Fsp3) is 0.381. The molecule has 0 aromatic heterocycles. The van der Waals surface area contributed by atoms with Crippen molar-refractivity contribution in [3.8, 4) is 11.5 Å². The van der Waals surface area contributed by atoms with Crippen molar-refractivity contribution in [2.75, 3.05) is 20.8 Å². The zero-order valence-electron chi connectivity index (χ0n) is 16.3. The average molecular weight is 389 g/mol. The van der Waals surface area contributed by atoms with Crippen molar-refractivity contribution < 1.29 is 29.6 Å². The number of aliphatic hydroxyl groups is 2. The summed E-state index contributed by atoms with van der Waals surface area (Å²) in [6.45, 7) is 2.01. The van der Waals surface area contributed by atoms with Gasteiger partial charge in [0.25, 0.3) is 0 Å². The summed E-state index contributed by atoms with van der Waals surface area (Å²) in [7, 11) is 2.83. The van der Waals surface area contributed by atoms with Gasteiger partial charge in [-0.3, -0.25) is 0 Å². The molecule has 0 radical (unpaired) electrons. The van der Waals surface area contributed by atoms with Crippen LogP contribution in [-0.2, 0) is 17.8 Å². The molecule has 152 valence electrons. The number of hydrogen-bond donors (Lipinski definition) is 4. The molecule has 2 aromatic rings. The Morgan fingerprint density at radius 3 is 2.57 bits per heavy atom. The Bertz CT molecular complexity index is 807. The number of aliphatic hydroxyl groups excluding tert-OH is 2. The van der Waals surface area contributed by atoms with Gasteiger partial charge in [-0.2, -0.15) is 0 Å². The lowest BCUT2D eigenvalue weighted by molar-refractivity contribution is 0.0597. The van der Waals surface area contributed by atoms with E-state index >= 15 is 0 Å². The molecule has 4 N–H and O–H groups in total. The topological polar surface area (TPSA) is 108 Å². The molecular formula is C21H27NO6. The van der Waals surface area contributed by atoms with Gasteiger partial charge in [0, 0.05) is 18.2 Å². The van der Waals surface area contributed by atoms with Gasteiger partial charge in [-0.05, 0) is 48.7 Å². The van der Waals surface area contributed by atoms with Crippen LogP contribution in [0.5, 0.6) is 11.5 Å². The van der Waals surface area contributed by atoms with E-state index in [1.807, 2.05) is 13.0 Å². The summed E-state index contributed by atoms with van der Waals surface area (Å²) in [6.07, 6.45) is -0.105. The highest BCUT2D eigenvalue weighted by Gasteiger charge is 2.15. The molecule has 0 aliphatic rings. The summed E-state index contributed by atoms with van der Waals surface area (Å²) < 4.78 is 10.0. The Morgan fingerprint density at radius 1 is 1.18 bits per heavy atom. The third-order valence-electron chi connectivity index (χ3n) is 4.53. The van der Waals surface area contributed by atoms with Crippen LogP contribution in [0.15, 0.2) is 36.4 Å². The van der Waals surface area contributed by atoms with Crippen LogP contribution in [0, 0.1) is 0 Å². The van der Waals surface area contributed by atoms with E-state index in [1.54, 1.807) is 24.3 Å². The average Bonchev–Trinajstić information content (AvgIpc) is 2.71. The second-order valence-electron chi connectivity index (χ2n) is 6.60. The van der Waals surface area contributed by atoms with Gasteiger partial charge in [0.15, 0.2) is 0 Å². The number of rotatable bonds is 9. The summed E-state index contributed by atoms with van der Waals surface area (Å²) in [5, 5.41) is 32.5. The van der Waals surface area contributed by atoms with Crippen molar-refractivity contribution >= 4 is 5.97 Å². The van der Waals surface area contributed by atoms with Gasteiger partial charge in [-0.25, -0.2) is 4.79 Å². The van der Waals surface area contributed by atoms with E-state index in [4.69, 9.17) is 9.47 Å². The molecular weight excluding hydrogens is 362 g/mol. The highest BCUT2D eigenvalue weighted by atomic mass is 16.5. The number of hydrogen-bond acceptors (Lipinski definition) is 7. The quantitative estimate of drug-likeness (QED) is 0.485. The molecule has 0 aliphatic carbocycles. The van der Waals surface area contributed by atoms with Crippen LogP contribution >= 0.6 is 0 Å². The summed E-state index contributed by atoms with van der Waals surface area (Å²) in [6, 6.07) is 10.0. The van der Waals surface area contributed by atoms with Crippen molar-refractivity contribution in [1.82, 2.24) is 5.32 Å². The van der Waals surface area contributed by atoms with Crippen LogP contribution < -0.4 is 10.1 Å². The van der Waals surface area contributed by atoms with Gasteiger partial charge in [0.1, 0.15) is 17.1 Å². The summed E-state index contributed by atoms with van der Waals surface area (Å²) in [4.78, 5) is 11.7. The van der Waals surface area contributed by atoms with Gasteiger partial charge in [0.05, 0.1) is 26.9 Å². The number of phenols is 1. The number of nitrogens with one attached hydrogen (secondary N) is 1. The first kappa shape index (κ1) is 21.7. The Morgan fingerprint density at radius 2 is 1.93 bits per heavy atom.